The van der Waals surface area contributed by atoms with Crippen LogP contribution in [0, 0.1) is 0 Å². The van der Waals surface area contributed by atoms with E-state index >= 15 is 0 Å². The highest BCUT2D eigenvalue weighted by Crippen LogP contribution is 2.26. The number of benzene rings is 1. The number of nitrogens with one attached hydrogen (secondary N) is 2. The van der Waals surface area contributed by atoms with E-state index in [-0.39, 0.29) is 5.91 Å². The van der Waals surface area contributed by atoms with Crippen molar-refractivity contribution in [2.45, 2.75) is 26.1 Å². The van der Waals surface area contributed by atoms with Crippen LogP contribution in [0.4, 0.5) is 0 Å². The number of nitrogens with zero attached hydrogens (tertiary/aromatic N) is 2. The van der Waals surface area contributed by atoms with Crippen LogP contribution in [-0.2, 0) is 24.4 Å². The number of para-hydroxylation sites is 1. The third-order valence-corrected chi connectivity index (χ3v) is 5.47. The first-order valence-electron chi connectivity index (χ1n) is 8.84. The summed E-state index contributed by atoms with van der Waals surface area (Å²) in [5.41, 5.74) is 9.85. The molecule has 0 aliphatic heterocycles. The van der Waals surface area contributed by atoms with Crippen molar-refractivity contribution in [3.05, 3.63) is 65.3 Å². The number of fused-ring (bicyclic) bond motifs is 1. The molecule has 138 valence electrons. The molecule has 1 amide bonds. The van der Waals surface area contributed by atoms with Gasteiger partial charge in [-0.05, 0) is 23.1 Å². The zero-order valence-electron chi connectivity index (χ0n) is 14.8. The molecule has 1 aromatic carbocycles. The Labute approximate surface area is 161 Å². The fourth-order valence-electron chi connectivity index (χ4n) is 3.29. The van der Waals surface area contributed by atoms with E-state index in [2.05, 4.69) is 49.9 Å². The fraction of sp³-hybridized carbons (Fsp3) is 0.200. The van der Waals surface area contributed by atoms with E-state index < -0.39 is 0 Å². The Hall–Kier alpha value is -2.90. The number of aromatic nitrogens is 3. The average molecular weight is 379 g/mol. The van der Waals surface area contributed by atoms with Crippen molar-refractivity contribution in [1.82, 2.24) is 20.1 Å². The van der Waals surface area contributed by atoms with Crippen LogP contribution >= 0.6 is 11.3 Å². The highest BCUT2D eigenvalue weighted by Gasteiger charge is 2.11. The number of rotatable bonds is 8. The minimum atomic E-state index is -0.284. The second-order valence-electron chi connectivity index (χ2n) is 6.43. The molecule has 0 atom stereocenters. The van der Waals surface area contributed by atoms with E-state index in [0.717, 1.165) is 29.9 Å². The van der Waals surface area contributed by atoms with E-state index in [1.807, 2.05) is 24.4 Å². The second-order valence-corrected chi connectivity index (χ2v) is 7.38. The molecule has 0 aliphatic rings. The molecule has 0 spiro atoms. The number of carbonyl (C=O) groups is 1. The second kappa shape index (κ2) is 7.77. The number of nitrogens with two attached hydrogens (primary N) is 1. The molecule has 0 radical (unpaired) electrons. The Morgan fingerprint density at radius 2 is 2.04 bits per heavy atom. The highest BCUT2D eigenvalue weighted by molar-refractivity contribution is 7.13. The van der Waals surface area contributed by atoms with Gasteiger partial charge < -0.3 is 15.6 Å². The monoisotopic (exact) mass is 379 g/mol. The SMILES string of the molecule is NC(=O)CCn1cc(CNCc2cn[nH]c2-c2cccs2)c2ccccc21. The van der Waals surface area contributed by atoms with Crippen LogP contribution in [0.1, 0.15) is 17.5 Å². The van der Waals surface area contributed by atoms with Crippen molar-refractivity contribution in [3.63, 3.8) is 0 Å². The Morgan fingerprint density at radius 3 is 2.85 bits per heavy atom. The molecule has 0 saturated carbocycles. The van der Waals surface area contributed by atoms with Gasteiger partial charge in [-0.1, -0.05) is 24.3 Å². The molecule has 3 heterocycles. The summed E-state index contributed by atoms with van der Waals surface area (Å²) in [6.45, 7) is 2.06. The molecule has 0 fully saturated rings. The zero-order chi connectivity index (χ0) is 18.6. The molecule has 6 nitrogen and oxygen atoms in total. The molecule has 4 aromatic rings. The van der Waals surface area contributed by atoms with Crippen LogP contribution in [0.15, 0.2) is 54.2 Å². The van der Waals surface area contributed by atoms with Crippen molar-refractivity contribution in [3.8, 4) is 10.6 Å². The van der Waals surface area contributed by atoms with Gasteiger partial charge in [-0.3, -0.25) is 9.89 Å². The number of primary amides is 1. The fourth-order valence-corrected chi connectivity index (χ4v) is 4.05. The Balaban J connectivity index is 1.48. The van der Waals surface area contributed by atoms with Crippen LogP contribution in [0.5, 0.6) is 0 Å². The van der Waals surface area contributed by atoms with E-state index in [1.165, 1.54) is 15.8 Å². The van der Waals surface area contributed by atoms with Gasteiger partial charge in [-0.15, -0.1) is 11.3 Å². The lowest BCUT2D eigenvalue weighted by atomic mass is 10.1. The van der Waals surface area contributed by atoms with E-state index in [4.69, 9.17) is 5.73 Å². The number of carbonyl (C=O) groups excluding carboxylic acids is 1. The quantitative estimate of drug-likeness (QED) is 0.439. The van der Waals surface area contributed by atoms with Gasteiger partial charge in [0.2, 0.25) is 5.91 Å². The number of hydrogen-bond donors (Lipinski definition) is 3. The Kier molecular flexibility index (Phi) is 5.04. The lowest BCUT2D eigenvalue weighted by Crippen LogP contribution is -2.14. The minimum absolute atomic E-state index is 0.284. The molecule has 0 saturated heterocycles. The lowest BCUT2D eigenvalue weighted by Gasteiger charge is -2.04. The Bertz CT molecular complexity index is 1050. The molecule has 4 rings (SSSR count). The summed E-state index contributed by atoms with van der Waals surface area (Å²) in [5.74, 6) is -0.284. The van der Waals surface area contributed by atoms with Crippen molar-refractivity contribution in [1.29, 1.82) is 0 Å². The summed E-state index contributed by atoms with van der Waals surface area (Å²) >= 11 is 1.70. The number of amides is 1. The summed E-state index contributed by atoms with van der Waals surface area (Å²) in [6.07, 6.45) is 4.32. The minimum Gasteiger partial charge on any atom is -0.370 e. The zero-order valence-corrected chi connectivity index (χ0v) is 15.6. The van der Waals surface area contributed by atoms with Crippen molar-refractivity contribution >= 4 is 28.1 Å². The lowest BCUT2D eigenvalue weighted by molar-refractivity contribution is -0.118. The predicted molar refractivity (Wildman–Crippen MR) is 108 cm³/mol. The van der Waals surface area contributed by atoms with E-state index in [9.17, 15) is 4.79 Å². The van der Waals surface area contributed by atoms with Gasteiger partial charge in [-0.25, -0.2) is 0 Å². The number of H-pyrrole nitrogens is 1. The summed E-state index contributed by atoms with van der Waals surface area (Å²) in [5, 5.41) is 14.1. The summed E-state index contributed by atoms with van der Waals surface area (Å²) in [7, 11) is 0. The van der Waals surface area contributed by atoms with Gasteiger partial charge >= 0.3 is 0 Å². The van der Waals surface area contributed by atoms with Crippen LogP contribution < -0.4 is 11.1 Å². The molecule has 27 heavy (non-hydrogen) atoms. The van der Waals surface area contributed by atoms with E-state index in [1.54, 1.807) is 11.3 Å². The third kappa shape index (κ3) is 3.79. The van der Waals surface area contributed by atoms with Gasteiger partial charge in [0, 0.05) is 48.7 Å². The third-order valence-electron chi connectivity index (χ3n) is 4.59. The molecule has 4 N–H and O–H groups in total. The van der Waals surface area contributed by atoms with Crippen LogP contribution in [0.2, 0.25) is 0 Å². The largest absolute Gasteiger partial charge is 0.370 e. The Morgan fingerprint density at radius 1 is 1.19 bits per heavy atom. The molecule has 0 unspecified atom stereocenters. The topological polar surface area (TPSA) is 88.7 Å². The van der Waals surface area contributed by atoms with Crippen molar-refractivity contribution in [2.75, 3.05) is 0 Å². The first-order valence-corrected chi connectivity index (χ1v) is 9.72. The molecule has 7 heteroatoms. The van der Waals surface area contributed by atoms with Crippen LogP contribution in [0.3, 0.4) is 0 Å². The summed E-state index contributed by atoms with van der Waals surface area (Å²) in [4.78, 5) is 12.3. The number of hydrogen-bond acceptors (Lipinski definition) is 4. The molecule has 0 aliphatic carbocycles. The first-order chi connectivity index (χ1) is 13.2. The number of aromatic amines is 1. The molecular formula is C20H21N5OS. The maximum Gasteiger partial charge on any atom is 0.219 e. The standard InChI is InChI=1S/C20H21N5OS/c21-19(26)7-8-25-13-15(16-4-1-2-5-17(16)25)11-22-10-14-12-23-24-20(14)18-6-3-9-27-18/h1-6,9,12-13,22H,7-8,10-11H2,(H2,21,26)(H,23,24). The van der Waals surface area contributed by atoms with Crippen molar-refractivity contribution in [2.24, 2.45) is 5.73 Å². The predicted octanol–water partition coefficient (Wildman–Crippen LogP) is 3.26. The summed E-state index contributed by atoms with van der Waals surface area (Å²) < 4.78 is 2.10. The normalized spacial score (nSPS) is 11.3. The van der Waals surface area contributed by atoms with Crippen molar-refractivity contribution < 1.29 is 4.79 Å². The van der Waals surface area contributed by atoms with Gasteiger partial charge in [0.15, 0.2) is 0 Å². The molecular weight excluding hydrogens is 358 g/mol. The first kappa shape index (κ1) is 17.5. The maximum absolute atomic E-state index is 11.1. The van der Waals surface area contributed by atoms with Gasteiger partial charge in [0.05, 0.1) is 16.8 Å². The van der Waals surface area contributed by atoms with Gasteiger partial charge in [0.1, 0.15) is 0 Å². The molecule has 0 bridgehead atoms. The number of aryl methyl sites for hydroxylation is 1. The smallest absolute Gasteiger partial charge is 0.219 e. The maximum atomic E-state index is 11.1. The van der Waals surface area contributed by atoms with Crippen LogP contribution in [-0.4, -0.2) is 20.7 Å². The van der Waals surface area contributed by atoms with E-state index in [0.29, 0.717) is 13.0 Å². The average Bonchev–Trinajstić information content (AvgIpc) is 3.40. The number of thiophene rings is 1. The van der Waals surface area contributed by atoms with Gasteiger partial charge in [0.25, 0.3) is 0 Å². The van der Waals surface area contributed by atoms with Gasteiger partial charge in [-0.2, -0.15) is 5.10 Å². The van der Waals surface area contributed by atoms with Crippen LogP contribution in [0.25, 0.3) is 21.5 Å². The summed E-state index contributed by atoms with van der Waals surface area (Å²) in [6, 6.07) is 12.4. The highest BCUT2D eigenvalue weighted by atomic mass is 32.1. The molecule has 3 aromatic heterocycles.